The van der Waals surface area contributed by atoms with Crippen molar-refractivity contribution in [1.82, 2.24) is 34.7 Å². The molecular weight excluding hydrogens is 658 g/mol. The van der Waals surface area contributed by atoms with Crippen molar-refractivity contribution in [3.8, 4) is 28.4 Å². The third-order valence-electron chi connectivity index (χ3n) is 11.1. The first-order valence-electron chi connectivity index (χ1n) is 18.3. The van der Waals surface area contributed by atoms with Gasteiger partial charge in [-0.1, -0.05) is 12.1 Å². The summed E-state index contributed by atoms with van der Waals surface area (Å²) in [5.74, 6) is 1.16. The maximum absolute atomic E-state index is 14.2. The average Bonchev–Trinajstić information content (AvgIpc) is 3.34. The number of nitrogens with zero attached hydrogens (tertiary/aromatic N) is 5. The first kappa shape index (κ1) is 32.5. The van der Waals surface area contributed by atoms with Crippen molar-refractivity contribution >= 4 is 34.5 Å². The highest BCUT2D eigenvalue weighted by Crippen LogP contribution is 2.41. The number of likely N-dealkylation sites (tertiary alicyclic amines) is 1. The maximum Gasteiger partial charge on any atom is 0.407 e. The van der Waals surface area contributed by atoms with E-state index in [4.69, 9.17) is 19.6 Å². The number of hydrogen-bond acceptors (Lipinski definition) is 7. The van der Waals surface area contributed by atoms with E-state index < -0.39 is 11.7 Å². The Morgan fingerprint density at radius 1 is 1.06 bits per heavy atom. The van der Waals surface area contributed by atoms with Crippen LogP contribution < -0.4 is 15.4 Å². The number of fused-ring (bicyclic) bond motifs is 5. The van der Waals surface area contributed by atoms with Crippen molar-refractivity contribution in [2.24, 2.45) is 11.8 Å². The standard InChI is InChI=1S/C40H43N7O5/c1-21-33(31-15-24-10-12-29(42-36(24)45(31)18-22-6-7-22)23-8-9-25-17-41-37(48)28(25)14-23)44-47-20-27(16-32(51-5)35(21)47)38(49)46-19-26-11-13-30(46)34(26)43-39(50)52-40(2,3)4/h8-10,12,14-16,20,22,26,30,34H,6-7,11,13,17-19H2,1-5H3,(H,41,48)(H,43,50)/t26?,30?,34-/m1/s1. The molecule has 3 fully saturated rings. The summed E-state index contributed by atoms with van der Waals surface area (Å²) in [5.41, 5.74) is 7.70. The summed E-state index contributed by atoms with van der Waals surface area (Å²) in [4.78, 5) is 46.3. The van der Waals surface area contributed by atoms with Gasteiger partial charge < -0.3 is 29.6 Å². The molecule has 12 nitrogen and oxygen atoms in total. The van der Waals surface area contributed by atoms with Crippen molar-refractivity contribution in [1.29, 1.82) is 0 Å². The fourth-order valence-corrected chi connectivity index (χ4v) is 8.46. The van der Waals surface area contributed by atoms with E-state index in [2.05, 4.69) is 27.3 Å². The van der Waals surface area contributed by atoms with Gasteiger partial charge in [-0.2, -0.15) is 5.10 Å². The third-order valence-corrected chi connectivity index (χ3v) is 11.1. The molecule has 2 aliphatic heterocycles. The molecule has 0 spiro atoms. The van der Waals surface area contributed by atoms with Gasteiger partial charge in [0.2, 0.25) is 0 Å². The second kappa shape index (κ2) is 11.8. The normalized spacial score (nSPS) is 20.8. The van der Waals surface area contributed by atoms with Gasteiger partial charge in [-0.25, -0.2) is 14.3 Å². The van der Waals surface area contributed by atoms with Crippen LogP contribution >= 0.6 is 0 Å². The number of ether oxygens (including phenoxy) is 2. The predicted molar refractivity (Wildman–Crippen MR) is 195 cm³/mol. The minimum atomic E-state index is -0.599. The van der Waals surface area contributed by atoms with Crippen LogP contribution in [0.25, 0.3) is 39.2 Å². The van der Waals surface area contributed by atoms with Crippen LogP contribution in [0, 0.1) is 18.8 Å². The van der Waals surface area contributed by atoms with Crippen LogP contribution in [0.15, 0.2) is 48.7 Å². The van der Waals surface area contributed by atoms with E-state index in [1.165, 1.54) is 12.8 Å². The number of carbonyl (C=O) groups excluding carboxylic acids is 3. The van der Waals surface area contributed by atoms with Crippen molar-refractivity contribution in [2.75, 3.05) is 13.7 Å². The van der Waals surface area contributed by atoms with Crippen LogP contribution in [0.2, 0.25) is 0 Å². The number of aryl methyl sites for hydroxylation is 1. The Labute approximate surface area is 301 Å². The Morgan fingerprint density at radius 2 is 1.88 bits per heavy atom. The summed E-state index contributed by atoms with van der Waals surface area (Å²) in [6, 6.07) is 13.8. The van der Waals surface area contributed by atoms with Crippen LogP contribution in [0.3, 0.4) is 0 Å². The van der Waals surface area contributed by atoms with E-state index in [1.807, 2.05) is 62.9 Å². The first-order valence-corrected chi connectivity index (χ1v) is 18.3. The Bertz CT molecular complexity index is 2310. The van der Waals surface area contributed by atoms with E-state index in [9.17, 15) is 14.4 Å². The summed E-state index contributed by atoms with van der Waals surface area (Å²) in [7, 11) is 1.62. The Kier molecular flexibility index (Phi) is 7.39. The van der Waals surface area contributed by atoms with Gasteiger partial charge in [-0.3, -0.25) is 9.59 Å². The fraction of sp³-hybridized carbons (Fsp3) is 0.425. The van der Waals surface area contributed by atoms with Crippen LogP contribution in [0.5, 0.6) is 5.75 Å². The number of piperidine rings is 1. The van der Waals surface area contributed by atoms with Crippen molar-refractivity contribution in [2.45, 2.75) is 84.2 Å². The third kappa shape index (κ3) is 5.46. The molecular formula is C40H43N7O5. The molecule has 2 saturated carbocycles. The molecule has 4 aliphatic rings. The lowest BCUT2D eigenvalue weighted by molar-refractivity contribution is 0.0485. The number of hydrogen-bond donors (Lipinski definition) is 2. The molecule has 6 heterocycles. The number of benzene rings is 1. The molecule has 1 saturated heterocycles. The van der Waals surface area contributed by atoms with Gasteiger partial charge in [0.1, 0.15) is 28.2 Å². The Morgan fingerprint density at radius 3 is 2.65 bits per heavy atom. The molecule has 3 amide bonds. The predicted octanol–water partition coefficient (Wildman–Crippen LogP) is 6.12. The molecule has 52 heavy (non-hydrogen) atoms. The van der Waals surface area contributed by atoms with Gasteiger partial charge in [0, 0.05) is 47.9 Å². The molecule has 4 aromatic heterocycles. The van der Waals surface area contributed by atoms with Crippen LogP contribution in [-0.4, -0.2) is 73.3 Å². The minimum absolute atomic E-state index is 0.0491. The zero-order valence-corrected chi connectivity index (χ0v) is 30.2. The number of methoxy groups -OCH3 is 1. The van der Waals surface area contributed by atoms with E-state index in [-0.39, 0.29) is 29.8 Å². The van der Waals surface area contributed by atoms with Gasteiger partial charge in [0.15, 0.2) is 0 Å². The number of pyridine rings is 2. The summed E-state index contributed by atoms with van der Waals surface area (Å²) < 4.78 is 15.5. The van der Waals surface area contributed by atoms with Crippen LogP contribution in [0.4, 0.5) is 4.79 Å². The molecule has 9 rings (SSSR count). The first-order chi connectivity index (χ1) is 25.0. The molecule has 268 valence electrons. The molecule has 2 aliphatic carbocycles. The molecule has 2 bridgehead atoms. The lowest BCUT2D eigenvalue weighted by Gasteiger charge is -2.28. The van der Waals surface area contributed by atoms with Gasteiger partial charge in [0.05, 0.1) is 36.1 Å². The lowest BCUT2D eigenvalue weighted by atomic mass is 10.0. The quantitative estimate of drug-likeness (QED) is 0.209. The molecule has 1 aromatic carbocycles. The topological polar surface area (TPSA) is 132 Å². The molecule has 2 N–H and O–H groups in total. The summed E-state index contributed by atoms with van der Waals surface area (Å²) in [6.07, 6.45) is 5.48. The Balaban J connectivity index is 1.06. The summed E-state index contributed by atoms with van der Waals surface area (Å²) >= 11 is 0. The molecule has 0 radical (unpaired) electrons. The average molecular weight is 702 g/mol. The fourth-order valence-electron chi connectivity index (χ4n) is 8.46. The summed E-state index contributed by atoms with van der Waals surface area (Å²) in [6.45, 7) is 9.53. The zero-order chi connectivity index (χ0) is 36.1. The van der Waals surface area contributed by atoms with E-state index >= 15 is 0 Å². The lowest BCUT2D eigenvalue weighted by Crippen LogP contribution is -2.46. The summed E-state index contributed by atoms with van der Waals surface area (Å²) in [5, 5.41) is 12.1. The number of nitrogens with one attached hydrogen (secondary N) is 2. The van der Waals surface area contributed by atoms with Crippen molar-refractivity contribution < 1.29 is 23.9 Å². The number of carbonyl (C=O) groups is 3. The zero-order valence-electron chi connectivity index (χ0n) is 30.2. The van der Waals surface area contributed by atoms with E-state index in [1.54, 1.807) is 17.8 Å². The number of amides is 3. The number of aromatic nitrogens is 4. The Hall–Kier alpha value is -5.39. The number of alkyl carbamates (subject to hydrolysis) is 1. The molecule has 2 unspecified atom stereocenters. The highest BCUT2D eigenvalue weighted by Gasteiger charge is 2.50. The van der Waals surface area contributed by atoms with Crippen molar-refractivity contribution in [3.63, 3.8) is 0 Å². The van der Waals surface area contributed by atoms with Gasteiger partial charge in [0.25, 0.3) is 11.8 Å². The van der Waals surface area contributed by atoms with Crippen LogP contribution in [-0.2, 0) is 17.8 Å². The smallest absolute Gasteiger partial charge is 0.407 e. The van der Waals surface area contributed by atoms with E-state index in [0.29, 0.717) is 35.9 Å². The second-order valence-electron chi connectivity index (χ2n) is 15.8. The molecule has 12 heteroatoms. The molecule has 3 atom stereocenters. The highest BCUT2D eigenvalue weighted by molar-refractivity contribution is 6.00. The minimum Gasteiger partial charge on any atom is -0.494 e. The number of rotatable bonds is 7. The van der Waals surface area contributed by atoms with Gasteiger partial charge >= 0.3 is 6.09 Å². The maximum atomic E-state index is 14.2. The monoisotopic (exact) mass is 701 g/mol. The largest absolute Gasteiger partial charge is 0.494 e. The van der Waals surface area contributed by atoms with Gasteiger partial charge in [-0.05, 0) is 101 Å². The second-order valence-corrected chi connectivity index (χ2v) is 15.8. The highest BCUT2D eigenvalue weighted by atomic mass is 16.6. The van der Waals surface area contributed by atoms with Crippen LogP contribution in [0.1, 0.15) is 78.3 Å². The van der Waals surface area contributed by atoms with Crippen molar-refractivity contribution in [3.05, 3.63) is 70.9 Å². The molecule has 5 aromatic rings. The van der Waals surface area contributed by atoms with Gasteiger partial charge in [-0.15, -0.1) is 0 Å². The van der Waals surface area contributed by atoms with E-state index in [0.717, 1.165) is 69.7 Å². The SMILES string of the molecule is COc1cc(C(=O)N2CC3CCC2[C@@H]3NC(=O)OC(C)(C)C)cn2nc(-c3cc4ccc(-c5ccc6c(c5)C(=O)NC6)nc4n3CC3CC3)c(C)c12.